The van der Waals surface area contributed by atoms with Crippen molar-refractivity contribution in [3.8, 4) is 10.7 Å². The van der Waals surface area contributed by atoms with Crippen LogP contribution in [0, 0.1) is 6.92 Å². The highest BCUT2D eigenvalue weighted by Crippen LogP contribution is 2.29. The van der Waals surface area contributed by atoms with Gasteiger partial charge in [-0.15, -0.1) is 5.10 Å². The van der Waals surface area contributed by atoms with Gasteiger partial charge in [0.05, 0.1) is 23.1 Å². The Morgan fingerprint density at radius 3 is 2.90 bits per heavy atom. The molecule has 0 amide bonds. The summed E-state index contributed by atoms with van der Waals surface area (Å²) in [5, 5.41) is 12.9. The predicted molar refractivity (Wildman–Crippen MR) is 75.6 cm³/mol. The van der Waals surface area contributed by atoms with E-state index in [1.54, 1.807) is 0 Å². The van der Waals surface area contributed by atoms with Gasteiger partial charge >= 0.3 is 5.97 Å². The lowest BCUT2D eigenvalue weighted by Gasteiger charge is -2.06. The minimum Gasteiger partial charge on any atom is -0.481 e. The van der Waals surface area contributed by atoms with Crippen molar-refractivity contribution in [3.63, 3.8) is 0 Å². The molecule has 0 saturated heterocycles. The average molecular weight is 288 g/mol. The summed E-state index contributed by atoms with van der Waals surface area (Å²) in [7, 11) is 0. The zero-order valence-electron chi connectivity index (χ0n) is 10.8. The highest BCUT2D eigenvalue weighted by atomic mass is 32.1. The standard InChI is InChI=1S/C13H12N4O2S/c1-8-12(20-16-15-8)13-14-9-4-2-3-5-10(9)17(13)7-6-11(18)19/h2-5H,6-7H2,1H3,(H,18,19). The van der Waals surface area contributed by atoms with Crippen LogP contribution in [0.4, 0.5) is 0 Å². The number of para-hydroxylation sites is 2. The number of imidazole rings is 1. The summed E-state index contributed by atoms with van der Waals surface area (Å²) in [4.78, 5) is 16.3. The maximum absolute atomic E-state index is 10.8. The fraction of sp³-hybridized carbons (Fsp3) is 0.231. The Balaban J connectivity index is 2.17. The molecule has 0 radical (unpaired) electrons. The molecule has 0 atom stereocenters. The molecule has 2 aromatic heterocycles. The normalized spacial score (nSPS) is 11.1. The van der Waals surface area contributed by atoms with Crippen LogP contribution in [-0.4, -0.2) is 30.2 Å². The molecule has 20 heavy (non-hydrogen) atoms. The second-order valence-corrected chi connectivity index (χ2v) is 5.16. The van der Waals surface area contributed by atoms with E-state index in [-0.39, 0.29) is 6.42 Å². The smallest absolute Gasteiger partial charge is 0.305 e. The number of aromatic nitrogens is 4. The van der Waals surface area contributed by atoms with Crippen molar-refractivity contribution in [2.75, 3.05) is 0 Å². The fourth-order valence-electron chi connectivity index (χ4n) is 2.12. The Labute approximate surface area is 118 Å². The van der Waals surface area contributed by atoms with E-state index in [0.717, 1.165) is 27.4 Å². The molecule has 0 saturated carbocycles. The van der Waals surface area contributed by atoms with Gasteiger partial charge < -0.3 is 9.67 Å². The first-order chi connectivity index (χ1) is 9.66. The number of rotatable bonds is 4. The van der Waals surface area contributed by atoms with Crippen molar-refractivity contribution in [1.29, 1.82) is 0 Å². The molecule has 2 heterocycles. The number of nitrogens with zero attached hydrogens (tertiary/aromatic N) is 4. The molecule has 0 aliphatic rings. The topological polar surface area (TPSA) is 80.9 Å². The van der Waals surface area contributed by atoms with Crippen LogP contribution in [0.1, 0.15) is 12.1 Å². The number of carboxylic acid groups (broad SMARTS) is 1. The van der Waals surface area contributed by atoms with Crippen molar-refractivity contribution in [2.45, 2.75) is 19.9 Å². The maximum Gasteiger partial charge on any atom is 0.305 e. The summed E-state index contributed by atoms with van der Waals surface area (Å²) in [6.45, 7) is 2.25. The third kappa shape index (κ3) is 2.16. The van der Waals surface area contributed by atoms with Crippen LogP contribution in [0.25, 0.3) is 21.7 Å². The number of hydrogen-bond acceptors (Lipinski definition) is 5. The second-order valence-electron chi connectivity index (χ2n) is 4.41. The lowest BCUT2D eigenvalue weighted by molar-refractivity contribution is -0.137. The number of hydrogen-bond donors (Lipinski definition) is 1. The summed E-state index contributed by atoms with van der Waals surface area (Å²) in [6.07, 6.45) is 0.0542. The molecule has 6 nitrogen and oxygen atoms in total. The molecular weight excluding hydrogens is 276 g/mol. The van der Waals surface area contributed by atoms with E-state index >= 15 is 0 Å². The van der Waals surface area contributed by atoms with E-state index in [2.05, 4.69) is 14.6 Å². The van der Waals surface area contributed by atoms with Crippen LogP contribution in [-0.2, 0) is 11.3 Å². The zero-order valence-corrected chi connectivity index (χ0v) is 11.6. The minimum absolute atomic E-state index is 0.0542. The summed E-state index contributed by atoms with van der Waals surface area (Å²) >= 11 is 1.27. The van der Waals surface area contributed by atoms with Gasteiger partial charge in [0.25, 0.3) is 0 Å². The predicted octanol–water partition coefficient (Wildman–Crippen LogP) is 2.34. The van der Waals surface area contributed by atoms with Gasteiger partial charge in [-0.2, -0.15) is 0 Å². The van der Waals surface area contributed by atoms with Gasteiger partial charge in [0.15, 0.2) is 5.82 Å². The van der Waals surface area contributed by atoms with Crippen molar-refractivity contribution in [2.24, 2.45) is 0 Å². The summed E-state index contributed by atoms with van der Waals surface area (Å²) in [6, 6.07) is 7.69. The van der Waals surface area contributed by atoms with Crippen molar-refractivity contribution >= 4 is 28.5 Å². The molecule has 3 aromatic rings. The number of carboxylic acids is 1. The zero-order chi connectivity index (χ0) is 14.1. The number of carbonyl (C=O) groups is 1. The first kappa shape index (κ1) is 12.7. The monoisotopic (exact) mass is 288 g/mol. The van der Waals surface area contributed by atoms with Crippen molar-refractivity contribution in [3.05, 3.63) is 30.0 Å². The van der Waals surface area contributed by atoms with Crippen LogP contribution in [0.3, 0.4) is 0 Å². The summed E-state index contributed by atoms with van der Waals surface area (Å²) in [5.74, 6) is -0.0900. The quantitative estimate of drug-likeness (QED) is 0.797. The summed E-state index contributed by atoms with van der Waals surface area (Å²) in [5.41, 5.74) is 2.58. The fourth-order valence-corrected chi connectivity index (χ4v) is 2.77. The Morgan fingerprint density at radius 1 is 1.40 bits per heavy atom. The number of fused-ring (bicyclic) bond motifs is 1. The largest absolute Gasteiger partial charge is 0.481 e. The van der Waals surface area contributed by atoms with E-state index < -0.39 is 5.97 Å². The van der Waals surface area contributed by atoms with Gasteiger partial charge in [0.2, 0.25) is 0 Å². The molecule has 0 unspecified atom stereocenters. The van der Waals surface area contributed by atoms with Crippen LogP contribution < -0.4 is 0 Å². The average Bonchev–Trinajstić information content (AvgIpc) is 2.99. The van der Waals surface area contributed by atoms with E-state index in [0.29, 0.717) is 6.54 Å². The van der Waals surface area contributed by atoms with Gasteiger partial charge in [-0.1, -0.05) is 16.6 Å². The molecule has 1 N–H and O–H groups in total. The SMILES string of the molecule is Cc1nnsc1-c1nc2ccccc2n1CCC(=O)O. The maximum atomic E-state index is 10.8. The first-order valence-corrected chi connectivity index (χ1v) is 6.90. The van der Waals surface area contributed by atoms with Crippen LogP contribution in [0.2, 0.25) is 0 Å². The molecule has 0 aliphatic heterocycles. The molecular formula is C13H12N4O2S. The Morgan fingerprint density at radius 2 is 2.20 bits per heavy atom. The lowest BCUT2D eigenvalue weighted by Crippen LogP contribution is -2.06. The van der Waals surface area contributed by atoms with Crippen LogP contribution >= 0.6 is 11.5 Å². The highest BCUT2D eigenvalue weighted by Gasteiger charge is 2.17. The van der Waals surface area contributed by atoms with Gasteiger partial charge in [-0.05, 0) is 30.6 Å². The van der Waals surface area contributed by atoms with Gasteiger partial charge in [0.1, 0.15) is 4.88 Å². The Bertz CT molecular complexity index is 778. The molecule has 0 aliphatic carbocycles. The number of aryl methyl sites for hydroxylation is 2. The van der Waals surface area contributed by atoms with Gasteiger partial charge in [-0.25, -0.2) is 4.98 Å². The van der Waals surface area contributed by atoms with Crippen LogP contribution in [0.15, 0.2) is 24.3 Å². The minimum atomic E-state index is -0.826. The molecule has 0 fully saturated rings. The van der Waals surface area contributed by atoms with Crippen molar-refractivity contribution < 1.29 is 9.90 Å². The van der Waals surface area contributed by atoms with Gasteiger partial charge in [-0.3, -0.25) is 4.79 Å². The third-order valence-corrected chi connectivity index (χ3v) is 3.88. The molecule has 7 heteroatoms. The van der Waals surface area contributed by atoms with E-state index in [1.807, 2.05) is 35.8 Å². The van der Waals surface area contributed by atoms with Crippen molar-refractivity contribution in [1.82, 2.24) is 19.1 Å². The molecule has 3 rings (SSSR count). The van der Waals surface area contributed by atoms with E-state index in [1.165, 1.54) is 11.5 Å². The summed E-state index contributed by atoms with van der Waals surface area (Å²) < 4.78 is 5.85. The molecule has 0 spiro atoms. The highest BCUT2D eigenvalue weighted by molar-refractivity contribution is 7.09. The second kappa shape index (κ2) is 5.01. The third-order valence-electron chi connectivity index (χ3n) is 3.06. The Kier molecular flexibility index (Phi) is 3.19. The molecule has 102 valence electrons. The number of benzene rings is 1. The first-order valence-electron chi connectivity index (χ1n) is 6.13. The van der Waals surface area contributed by atoms with E-state index in [9.17, 15) is 4.79 Å². The Hall–Kier alpha value is -2.28. The lowest BCUT2D eigenvalue weighted by atomic mass is 10.3. The molecule has 1 aromatic carbocycles. The van der Waals surface area contributed by atoms with Gasteiger partial charge in [0, 0.05) is 6.54 Å². The van der Waals surface area contributed by atoms with Crippen LogP contribution in [0.5, 0.6) is 0 Å². The molecule has 0 bridgehead atoms. The number of aliphatic carboxylic acids is 1. The van der Waals surface area contributed by atoms with E-state index in [4.69, 9.17) is 5.11 Å².